The molecule has 0 radical (unpaired) electrons. The molecule has 96 valence electrons. The first-order valence-corrected chi connectivity index (χ1v) is 9.96. The smallest absolute Gasteiger partial charge is 0.273 e. The Labute approximate surface area is 136 Å². The average Bonchev–Trinajstić information content (AvgIpc) is 3.01. The molecule has 3 rings (SSSR count). The van der Waals surface area contributed by atoms with Gasteiger partial charge in [0, 0.05) is 8.07 Å². The van der Waals surface area contributed by atoms with E-state index < -0.39 is 8.07 Å². The van der Waals surface area contributed by atoms with Crippen molar-refractivity contribution >= 4 is 24.0 Å². The number of hydrogen-bond acceptors (Lipinski definition) is 0. The van der Waals surface area contributed by atoms with Gasteiger partial charge in [-0.2, -0.15) is 18.2 Å². The molecule has 0 fully saturated rings. The van der Waals surface area contributed by atoms with E-state index in [2.05, 4.69) is 68.2 Å². The molecule has 0 amide bonds. The minimum Gasteiger partial charge on any atom is -0.273 e. The van der Waals surface area contributed by atoms with E-state index in [9.17, 15) is 0 Å². The second-order valence-corrected chi connectivity index (χ2v) is 10.6. The molecule has 0 bridgehead atoms. The van der Waals surface area contributed by atoms with Gasteiger partial charge < -0.3 is 0 Å². The molecule has 0 spiro atoms. The maximum atomic E-state index is 2.99. The summed E-state index contributed by atoms with van der Waals surface area (Å²) in [5, 5.41) is 4.43. The zero-order valence-corrected chi connectivity index (χ0v) is 15.4. The first-order chi connectivity index (χ1) is 8.59. The Hall–Kier alpha value is -0.590. The van der Waals surface area contributed by atoms with Gasteiger partial charge in [-0.15, -0.1) is 40.6 Å². The molecule has 1 aliphatic rings. The Morgan fingerprint density at radius 3 is 2.37 bits per heavy atom. The monoisotopic (exact) mass is 342 g/mol. The standard InChI is InChI=1S/C12H15Si.C5H5.Zr/c1-13(2,3)12-9-8-10-6-4-5-7-11(10)12;1-2-4-5-3-1;/h4-9H,1-3H3;1-3H,4H2;/q2*-1;+2. The van der Waals surface area contributed by atoms with Crippen molar-refractivity contribution in [3.8, 4) is 0 Å². The molecule has 0 N–H and O–H groups in total. The van der Waals surface area contributed by atoms with Gasteiger partial charge >= 0.3 is 26.2 Å². The molecule has 0 aliphatic heterocycles. The second kappa shape index (κ2) is 7.26. The Bertz CT molecular complexity index is 560. The summed E-state index contributed by atoms with van der Waals surface area (Å²) in [4.78, 5) is 0. The molecule has 19 heavy (non-hydrogen) atoms. The topological polar surface area (TPSA) is 0 Å². The molecule has 2 heteroatoms. The molecule has 0 aromatic heterocycles. The Kier molecular flexibility index (Phi) is 6.29. The molecule has 0 saturated carbocycles. The van der Waals surface area contributed by atoms with Gasteiger partial charge in [-0.3, -0.25) is 6.08 Å². The third-order valence-corrected chi connectivity index (χ3v) is 5.13. The van der Waals surface area contributed by atoms with E-state index in [1.165, 1.54) is 10.8 Å². The van der Waals surface area contributed by atoms with Gasteiger partial charge in [-0.05, 0) is 0 Å². The van der Waals surface area contributed by atoms with Gasteiger partial charge in [-0.1, -0.05) is 25.7 Å². The zero-order chi connectivity index (χ0) is 13.0. The fraction of sp³-hybridized carbons (Fsp3) is 0.235. The maximum absolute atomic E-state index is 2.99. The third kappa shape index (κ3) is 4.47. The van der Waals surface area contributed by atoms with E-state index in [4.69, 9.17) is 0 Å². The number of benzene rings is 1. The second-order valence-electron chi connectivity index (χ2n) is 5.59. The van der Waals surface area contributed by atoms with E-state index in [-0.39, 0.29) is 26.2 Å². The first kappa shape index (κ1) is 16.5. The van der Waals surface area contributed by atoms with Crippen LogP contribution in [0.4, 0.5) is 0 Å². The fourth-order valence-corrected chi connectivity index (χ4v) is 3.76. The van der Waals surface area contributed by atoms with Gasteiger partial charge in [0.05, 0.1) is 0 Å². The van der Waals surface area contributed by atoms with Gasteiger partial charge in [-0.25, -0.2) is 12.2 Å². The van der Waals surface area contributed by atoms with Crippen molar-refractivity contribution in [1.29, 1.82) is 0 Å². The van der Waals surface area contributed by atoms with Gasteiger partial charge in [0.25, 0.3) is 0 Å². The van der Waals surface area contributed by atoms with Crippen molar-refractivity contribution < 1.29 is 26.2 Å². The first-order valence-electron chi connectivity index (χ1n) is 6.46. The molecule has 0 atom stereocenters. The molecular formula is C17H20SiZr. The summed E-state index contributed by atoms with van der Waals surface area (Å²) in [5.41, 5.74) is 0. The SMILES string of the molecule is C[Si](C)(C)[c-]1ccc2ccccc21.[C-]1=CC=CC1.[Zr+2]. The van der Waals surface area contributed by atoms with Gasteiger partial charge in [0.2, 0.25) is 0 Å². The summed E-state index contributed by atoms with van der Waals surface area (Å²) in [6, 6.07) is 13.2. The minimum atomic E-state index is -1.15. The van der Waals surface area contributed by atoms with Crippen molar-refractivity contribution in [3.63, 3.8) is 0 Å². The number of fused-ring (bicyclic) bond motifs is 1. The van der Waals surface area contributed by atoms with Gasteiger partial charge in [0.1, 0.15) is 0 Å². The molecule has 0 unspecified atom stereocenters. The average molecular weight is 344 g/mol. The van der Waals surface area contributed by atoms with Crippen LogP contribution in [0, 0.1) is 6.08 Å². The third-order valence-electron chi connectivity index (χ3n) is 3.07. The summed E-state index contributed by atoms with van der Waals surface area (Å²) in [6.45, 7) is 7.19. The molecule has 0 saturated heterocycles. The van der Waals surface area contributed by atoms with Crippen LogP contribution in [0.2, 0.25) is 19.6 Å². The van der Waals surface area contributed by atoms with Crippen LogP contribution in [-0.4, -0.2) is 8.07 Å². The van der Waals surface area contributed by atoms with Crippen molar-refractivity contribution in [2.24, 2.45) is 0 Å². The predicted molar refractivity (Wildman–Crippen MR) is 84.1 cm³/mol. The van der Waals surface area contributed by atoms with Crippen LogP contribution in [0.5, 0.6) is 0 Å². The van der Waals surface area contributed by atoms with Crippen LogP contribution in [0.15, 0.2) is 54.6 Å². The molecule has 2 aromatic carbocycles. The zero-order valence-electron chi connectivity index (χ0n) is 11.9. The summed E-state index contributed by atoms with van der Waals surface area (Å²) < 4.78 is 0. The quantitative estimate of drug-likeness (QED) is 0.531. The van der Waals surface area contributed by atoms with Crippen LogP contribution < -0.4 is 5.19 Å². The van der Waals surface area contributed by atoms with Crippen LogP contribution >= 0.6 is 0 Å². The number of rotatable bonds is 1. The molecule has 1 aliphatic carbocycles. The molecule has 2 aromatic rings. The van der Waals surface area contributed by atoms with Gasteiger partial charge in [0.15, 0.2) is 0 Å². The van der Waals surface area contributed by atoms with E-state index in [0.29, 0.717) is 0 Å². The van der Waals surface area contributed by atoms with Crippen LogP contribution in [-0.2, 0) is 26.2 Å². The maximum Gasteiger partial charge on any atom is 2.00 e. The fourth-order valence-electron chi connectivity index (χ4n) is 2.14. The van der Waals surface area contributed by atoms with E-state index in [1.54, 1.807) is 5.19 Å². The van der Waals surface area contributed by atoms with Crippen LogP contribution in [0.1, 0.15) is 6.42 Å². The Morgan fingerprint density at radius 1 is 1.11 bits per heavy atom. The largest absolute Gasteiger partial charge is 2.00 e. The molecule has 0 nitrogen and oxygen atoms in total. The minimum absolute atomic E-state index is 0. The Morgan fingerprint density at radius 2 is 1.84 bits per heavy atom. The van der Waals surface area contributed by atoms with E-state index in [0.717, 1.165) is 6.42 Å². The van der Waals surface area contributed by atoms with Crippen molar-refractivity contribution in [2.75, 3.05) is 0 Å². The van der Waals surface area contributed by atoms with E-state index >= 15 is 0 Å². The number of hydrogen-bond donors (Lipinski definition) is 0. The van der Waals surface area contributed by atoms with Crippen molar-refractivity contribution in [2.45, 2.75) is 26.1 Å². The summed E-state index contributed by atoms with van der Waals surface area (Å²) in [6.07, 6.45) is 10.0. The predicted octanol–water partition coefficient (Wildman–Crippen LogP) is 4.41. The molecule has 0 heterocycles. The van der Waals surface area contributed by atoms with Crippen molar-refractivity contribution in [1.82, 2.24) is 0 Å². The summed E-state index contributed by atoms with van der Waals surface area (Å²) >= 11 is 0. The normalized spacial score (nSPS) is 13.0. The van der Waals surface area contributed by atoms with Crippen LogP contribution in [0.25, 0.3) is 10.8 Å². The van der Waals surface area contributed by atoms with Crippen LogP contribution in [0.3, 0.4) is 0 Å². The van der Waals surface area contributed by atoms with E-state index in [1.807, 2.05) is 12.2 Å². The summed E-state index contributed by atoms with van der Waals surface area (Å²) in [5.74, 6) is 0. The summed E-state index contributed by atoms with van der Waals surface area (Å²) in [7, 11) is -1.15. The number of allylic oxidation sites excluding steroid dienone is 4. The Balaban J connectivity index is 0.000000256. The molecular weight excluding hydrogens is 323 g/mol. The van der Waals surface area contributed by atoms with Crippen molar-refractivity contribution in [3.05, 3.63) is 60.7 Å².